The average molecular weight is 392 g/mol. The van der Waals surface area contributed by atoms with Crippen LogP contribution >= 0.6 is 36.2 Å². The molecule has 0 atom stereocenters. The quantitative estimate of drug-likeness (QED) is 0.841. The highest BCUT2D eigenvalue weighted by Crippen LogP contribution is 2.28. The number of carbonyl (C=O) groups is 1. The minimum atomic E-state index is -0.0226. The second-order valence-electron chi connectivity index (χ2n) is 5.92. The molecule has 3 rings (SSSR count). The zero-order valence-electron chi connectivity index (χ0n) is 13.7. The van der Waals surface area contributed by atoms with Gasteiger partial charge in [0.25, 0.3) is 5.91 Å². The highest BCUT2D eigenvalue weighted by molar-refractivity contribution is 7.17. The lowest BCUT2D eigenvalue weighted by atomic mass is 9.92. The summed E-state index contributed by atoms with van der Waals surface area (Å²) in [5.41, 5.74) is 7.62. The summed E-state index contributed by atoms with van der Waals surface area (Å²) >= 11 is 1.42. The van der Waals surface area contributed by atoms with E-state index in [1.165, 1.54) is 11.3 Å². The number of amides is 1. The van der Waals surface area contributed by atoms with Crippen LogP contribution in [-0.4, -0.2) is 32.8 Å². The fraction of sp³-hybridized carbons (Fsp3) is 0.533. The van der Waals surface area contributed by atoms with E-state index in [1.807, 2.05) is 20.2 Å². The summed E-state index contributed by atoms with van der Waals surface area (Å²) in [6.45, 7) is 1.88. The molecule has 1 aliphatic carbocycles. The first-order chi connectivity index (χ1) is 10.5. The molecule has 0 bridgehead atoms. The zero-order chi connectivity index (χ0) is 15.7. The number of nitrogens with one attached hydrogen (secondary N) is 1. The maximum Gasteiger partial charge on any atom is 0.263 e. The molecule has 9 heteroatoms. The lowest BCUT2D eigenvalue weighted by Crippen LogP contribution is -2.40. The molecule has 2 aromatic heterocycles. The molecule has 0 aromatic carbocycles. The van der Waals surface area contributed by atoms with E-state index >= 15 is 0 Å². The minimum absolute atomic E-state index is 0. The molecule has 24 heavy (non-hydrogen) atoms. The van der Waals surface area contributed by atoms with Crippen LogP contribution in [-0.2, 0) is 7.05 Å². The van der Waals surface area contributed by atoms with Crippen molar-refractivity contribution in [2.45, 2.75) is 44.7 Å². The van der Waals surface area contributed by atoms with Crippen LogP contribution in [0.1, 0.15) is 41.0 Å². The van der Waals surface area contributed by atoms with Crippen LogP contribution < -0.4 is 11.1 Å². The van der Waals surface area contributed by atoms with Gasteiger partial charge in [0, 0.05) is 30.9 Å². The average Bonchev–Trinajstić information content (AvgIpc) is 3.07. The second-order valence-corrected chi connectivity index (χ2v) is 6.92. The number of thiazole rings is 1. The largest absolute Gasteiger partial charge is 0.349 e. The summed E-state index contributed by atoms with van der Waals surface area (Å²) < 4.78 is 1.73. The Morgan fingerprint density at radius 1 is 1.33 bits per heavy atom. The highest BCUT2D eigenvalue weighted by Gasteiger charge is 2.23. The molecule has 0 radical (unpaired) electrons. The number of carbonyl (C=O) groups excluding carboxylic acids is 1. The Morgan fingerprint density at radius 2 is 2.00 bits per heavy atom. The Morgan fingerprint density at radius 3 is 2.58 bits per heavy atom. The highest BCUT2D eigenvalue weighted by atomic mass is 35.5. The topological polar surface area (TPSA) is 85.8 Å². The molecule has 1 fully saturated rings. The van der Waals surface area contributed by atoms with Crippen LogP contribution in [0.2, 0.25) is 0 Å². The van der Waals surface area contributed by atoms with E-state index in [9.17, 15) is 4.79 Å². The summed E-state index contributed by atoms with van der Waals surface area (Å²) in [7, 11) is 1.87. The van der Waals surface area contributed by atoms with Gasteiger partial charge in [-0.1, -0.05) is 0 Å². The van der Waals surface area contributed by atoms with Crippen molar-refractivity contribution in [3.05, 3.63) is 23.0 Å². The van der Waals surface area contributed by atoms with Gasteiger partial charge in [0.1, 0.15) is 9.88 Å². The molecule has 1 saturated carbocycles. The van der Waals surface area contributed by atoms with Gasteiger partial charge in [0.2, 0.25) is 0 Å². The molecule has 2 heterocycles. The van der Waals surface area contributed by atoms with Crippen LogP contribution in [0.15, 0.2) is 12.4 Å². The standard InChI is InChI=1S/C15H21N5OS.2ClH/c1-9-13(14(21)19-12-5-3-11(16)4-6-12)22-15(18-9)10-7-17-20(2)8-10;;/h7-8,11-12H,3-6,16H2,1-2H3,(H,19,21);2*1H. The third-order valence-corrected chi connectivity index (χ3v) is 5.27. The van der Waals surface area contributed by atoms with Crippen LogP contribution in [0.25, 0.3) is 10.6 Å². The second kappa shape index (κ2) is 8.80. The van der Waals surface area contributed by atoms with E-state index in [0.29, 0.717) is 4.88 Å². The van der Waals surface area contributed by atoms with Crippen molar-refractivity contribution in [3.8, 4) is 10.6 Å². The van der Waals surface area contributed by atoms with E-state index in [4.69, 9.17) is 5.73 Å². The first kappa shape index (κ1) is 20.9. The molecule has 0 aliphatic heterocycles. The van der Waals surface area contributed by atoms with Crippen molar-refractivity contribution in [2.75, 3.05) is 0 Å². The van der Waals surface area contributed by atoms with Crippen LogP contribution in [0.5, 0.6) is 0 Å². The van der Waals surface area contributed by atoms with Crippen LogP contribution in [0.4, 0.5) is 0 Å². The summed E-state index contributed by atoms with van der Waals surface area (Å²) in [6, 6.07) is 0.520. The van der Waals surface area contributed by atoms with Gasteiger partial charge >= 0.3 is 0 Å². The van der Waals surface area contributed by atoms with E-state index in [2.05, 4.69) is 15.4 Å². The number of nitrogens with two attached hydrogens (primary N) is 1. The van der Waals surface area contributed by atoms with Crippen molar-refractivity contribution in [2.24, 2.45) is 12.8 Å². The van der Waals surface area contributed by atoms with Crippen molar-refractivity contribution >= 4 is 42.1 Å². The van der Waals surface area contributed by atoms with Gasteiger partial charge in [0.15, 0.2) is 0 Å². The molecule has 1 amide bonds. The molecule has 2 aromatic rings. The molecular formula is C15H23Cl2N5OS. The Kier molecular flexibility index (Phi) is 7.66. The Bertz CT molecular complexity index is 679. The van der Waals surface area contributed by atoms with Gasteiger partial charge in [0.05, 0.1) is 11.9 Å². The van der Waals surface area contributed by atoms with Crippen molar-refractivity contribution in [1.82, 2.24) is 20.1 Å². The Labute approximate surface area is 158 Å². The van der Waals surface area contributed by atoms with Gasteiger partial charge in [-0.05, 0) is 32.6 Å². The van der Waals surface area contributed by atoms with Gasteiger partial charge in [-0.3, -0.25) is 9.48 Å². The minimum Gasteiger partial charge on any atom is -0.349 e. The fourth-order valence-corrected chi connectivity index (χ4v) is 3.72. The van der Waals surface area contributed by atoms with Crippen LogP contribution in [0, 0.1) is 6.92 Å². The Hall–Kier alpha value is -1.15. The van der Waals surface area contributed by atoms with Gasteiger partial charge in [-0.2, -0.15) is 5.10 Å². The van der Waals surface area contributed by atoms with Gasteiger partial charge in [-0.25, -0.2) is 4.98 Å². The van der Waals surface area contributed by atoms with E-state index in [-0.39, 0.29) is 42.8 Å². The molecular weight excluding hydrogens is 369 g/mol. The first-order valence-electron chi connectivity index (χ1n) is 7.56. The van der Waals surface area contributed by atoms with Crippen molar-refractivity contribution in [1.29, 1.82) is 0 Å². The van der Waals surface area contributed by atoms with Gasteiger partial charge < -0.3 is 11.1 Å². The van der Waals surface area contributed by atoms with Gasteiger partial charge in [-0.15, -0.1) is 36.2 Å². The lowest BCUT2D eigenvalue weighted by Gasteiger charge is -2.26. The molecule has 0 saturated heterocycles. The predicted octanol–water partition coefficient (Wildman–Crippen LogP) is 2.70. The number of hydrogen-bond donors (Lipinski definition) is 2. The number of aryl methyl sites for hydroxylation is 2. The number of aromatic nitrogens is 3. The monoisotopic (exact) mass is 391 g/mol. The number of halogens is 2. The van der Waals surface area contributed by atoms with Crippen LogP contribution in [0.3, 0.4) is 0 Å². The molecule has 6 nitrogen and oxygen atoms in total. The van der Waals surface area contributed by atoms with Crippen molar-refractivity contribution in [3.63, 3.8) is 0 Å². The number of rotatable bonds is 3. The zero-order valence-corrected chi connectivity index (χ0v) is 16.1. The maximum atomic E-state index is 12.5. The number of nitrogens with zero attached hydrogens (tertiary/aromatic N) is 3. The fourth-order valence-electron chi connectivity index (χ4n) is 2.78. The lowest BCUT2D eigenvalue weighted by molar-refractivity contribution is 0.0929. The summed E-state index contributed by atoms with van der Waals surface area (Å²) in [6.07, 6.45) is 7.55. The molecule has 3 N–H and O–H groups in total. The summed E-state index contributed by atoms with van der Waals surface area (Å²) in [4.78, 5) is 17.7. The molecule has 0 spiro atoms. The number of hydrogen-bond acceptors (Lipinski definition) is 5. The predicted molar refractivity (Wildman–Crippen MR) is 101 cm³/mol. The summed E-state index contributed by atoms with van der Waals surface area (Å²) in [5.74, 6) is -0.0226. The third-order valence-electron chi connectivity index (χ3n) is 4.06. The molecule has 134 valence electrons. The molecule has 1 aliphatic rings. The Balaban J connectivity index is 0.00000144. The normalized spacial score (nSPS) is 20.0. The SMILES string of the molecule is Cc1nc(-c2cnn(C)c2)sc1C(=O)NC1CCC(N)CC1.Cl.Cl. The smallest absolute Gasteiger partial charge is 0.263 e. The van der Waals surface area contributed by atoms with Crippen molar-refractivity contribution < 1.29 is 4.79 Å². The third kappa shape index (κ3) is 4.69. The first-order valence-corrected chi connectivity index (χ1v) is 8.37. The van der Waals surface area contributed by atoms with E-state index < -0.39 is 0 Å². The maximum absolute atomic E-state index is 12.5. The van der Waals surface area contributed by atoms with E-state index in [0.717, 1.165) is 41.9 Å². The summed E-state index contributed by atoms with van der Waals surface area (Å²) in [5, 5.41) is 8.10. The molecule has 0 unspecified atom stereocenters. The van der Waals surface area contributed by atoms with E-state index in [1.54, 1.807) is 10.9 Å².